The summed E-state index contributed by atoms with van der Waals surface area (Å²) >= 11 is 12.1. The van der Waals surface area contributed by atoms with Gasteiger partial charge < -0.3 is 15.2 Å². The lowest BCUT2D eigenvalue weighted by molar-refractivity contribution is -0.116. The van der Waals surface area contributed by atoms with Crippen LogP contribution in [-0.2, 0) is 4.79 Å². The molecule has 138 valence electrons. The summed E-state index contributed by atoms with van der Waals surface area (Å²) in [5.74, 6) is -0.910. The number of halogens is 2. The van der Waals surface area contributed by atoms with Crippen LogP contribution in [-0.4, -0.2) is 35.3 Å². The first-order valence-electron chi connectivity index (χ1n) is 7.98. The topological polar surface area (TPSA) is 82.3 Å². The van der Waals surface area contributed by atoms with E-state index in [-0.39, 0.29) is 17.8 Å². The lowest BCUT2D eigenvalue weighted by Crippen LogP contribution is -2.35. The van der Waals surface area contributed by atoms with E-state index in [2.05, 4.69) is 10.3 Å². The fourth-order valence-electron chi connectivity index (χ4n) is 2.67. The van der Waals surface area contributed by atoms with Gasteiger partial charge in [0.25, 0.3) is 5.91 Å². The van der Waals surface area contributed by atoms with Crippen LogP contribution >= 0.6 is 23.2 Å². The van der Waals surface area contributed by atoms with E-state index in [0.717, 1.165) is 0 Å². The molecule has 2 amide bonds. The number of nitrogens with zero attached hydrogens (tertiary/aromatic N) is 1. The number of carbonyl (C=O) groups is 2. The molecular weight excluding hydrogens is 389 g/mol. The third-order valence-electron chi connectivity index (χ3n) is 3.94. The van der Waals surface area contributed by atoms with Gasteiger partial charge in [0.15, 0.2) is 0 Å². The van der Waals surface area contributed by atoms with Crippen LogP contribution in [0.2, 0.25) is 10.0 Å². The Balaban J connectivity index is 1.80. The Morgan fingerprint density at radius 3 is 2.44 bits per heavy atom. The second kappa shape index (κ2) is 7.82. The molecule has 0 saturated carbocycles. The van der Waals surface area contributed by atoms with Crippen molar-refractivity contribution < 1.29 is 9.59 Å². The van der Waals surface area contributed by atoms with Crippen LogP contribution < -0.4 is 10.9 Å². The maximum absolute atomic E-state index is 12.8. The molecule has 27 heavy (non-hydrogen) atoms. The fraction of sp³-hybridized carbons (Fsp3) is 0.105. The van der Waals surface area contributed by atoms with Crippen molar-refractivity contribution in [1.82, 2.24) is 9.88 Å². The Kier molecular flexibility index (Phi) is 5.48. The first-order chi connectivity index (χ1) is 12.9. The molecule has 6 nitrogen and oxygen atoms in total. The minimum Gasteiger partial charge on any atom is -0.332 e. The molecule has 0 saturated heterocycles. The normalized spacial score (nSPS) is 10.6. The molecule has 0 fully saturated rings. The number of fused-ring (bicyclic) bond motifs is 1. The van der Waals surface area contributed by atoms with Gasteiger partial charge in [-0.3, -0.25) is 14.4 Å². The number of nitrogens with one attached hydrogen (secondary N) is 2. The number of pyridine rings is 1. The molecule has 0 spiro atoms. The van der Waals surface area contributed by atoms with Crippen LogP contribution in [0, 0.1) is 0 Å². The summed E-state index contributed by atoms with van der Waals surface area (Å²) in [5, 5.41) is 3.79. The van der Waals surface area contributed by atoms with E-state index in [1.165, 1.54) is 18.0 Å². The zero-order valence-corrected chi connectivity index (χ0v) is 15.8. The van der Waals surface area contributed by atoms with E-state index in [0.29, 0.717) is 20.9 Å². The third kappa shape index (κ3) is 4.13. The van der Waals surface area contributed by atoms with E-state index in [9.17, 15) is 14.4 Å². The molecule has 0 unspecified atom stereocenters. The first-order valence-corrected chi connectivity index (χ1v) is 8.74. The molecule has 0 bridgehead atoms. The average molecular weight is 404 g/mol. The average Bonchev–Trinajstić information content (AvgIpc) is 2.63. The highest BCUT2D eigenvalue weighted by atomic mass is 35.5. The van der Waals surface area contributed by atoms with Gasteiger partial charge in [0.1, 0.15) is 0 Å². The molecule has 0 radical (unpaired) electrons. The number of para-hydroxylation sites is 2. The summed E-state index contributed by atoms with van der Waals surface area (Å²) in [7, 11) is 1.48. The van der Waals surface area contributed by atoms with E-state index < -0.39 is 17.4 Å². The molecule has 0 aliphatic carbocycles. The molecule has 8 heteroatoms. The molecule has 0 aliphatic rings. The van der Waals surface area contributed by atoms with Crippen molar-refractivity contribution in [3.05, 3.63) is 74.5 Å². The number of benzene rings is 2. The summed E-state index contributed by atoms with van der Waals surface area (Å²) in [4.78, 5) is 40.8. The lowest BCUT2D eigenvalue weighted by Gasteiger charge is -2.18. The SMILES string of the molecule is CN(CC(=O)Nc1c(Cl)cccc1Cl)C(=O)c1cc(=O)[nH]c2ccccc12. The van der Waals surface area contributed by atoms with Gasteiger partial charge in [-0.1, -0.05) is 47.5 Å². The Morgan fingerprint density at radius 1 is 1.07 bits per heavy atom. The zero-order valence-electron chi connectivity index (χ0n) is 14.3. The van der Waals surface area contributed by atoms with Crippen LogP contribution in [0.4, 0.5) is 5.69 Å². The van der Waals surface area contributed by atoms with Crippen LogP contribution in [0.1, 0.15) is 10.4 Å². The third-order valence-corrected chi connectivity index (χ3v) is 4.57. The van der Waals surface area contributed by atoms with Gasteiger partial charge in [-0.25, -0.2) is 0 Å². The Morgan fingerprint density at radius 2 is 1.74 bits per heavy atom. The van der Waals surface area contributed by atoms with Crippen LogP contribution in [0.25, 0.3) is 10.9 Å². The highest BCUT2D eigenvalue weighted by molar-refractivity contribution is 6.39. The standard InChI is InChI=1S/C19H15Cl2N3O3/c1-24(10-17(26)23-18-13(20)6-4-7-14(18)21)19(27)12-9-16(25)22-15-8-3-2-5-11(12)15/h2-9H,10H2,1H3,(H,22,25)(H,23,26). The number of carbonyl (C=O) groups excluding carboxylic acids is 2. The van der Waals surface area contributed by atoms with Crippen molar-refractivity contribution in [3.63, 3.8) is 0 Å². The van der Waals surface area contributed by atoms with Crippen LogP contribution in [0.5, 0.6) is 0 Å². The van der Waals surface area contributed by atoms with Gasteiger partial charge in [-0.05, 0) is 18.2 Å². The Labute approximate surface area is 164 Å². The zero-order chi connectivity index (χ0) is 19.6. The quantitative estimate of drug-likeness (QED) is 0.698. The molecule has 0 atom stereocenters. The van der Waals surface area contributed by atoms with Crippen LogP contribution in [0.3, 0.4) is 0 Å². The first kappa shape index (κ1) is 18.9. The maximum atomic E-state index is 12.8. The number of hydrogen-bond donors (Lipinski definition) is 2. The number of hydrogen-bond acceptors (Lipinski definition) is 3. The molecule has 3 rings (SSSR count). The largest absolute Gasteiger partial charge is 0.332 e. The molecular formula is C19H15Cl2N3O3. The number of H-pyrrole nitrogens is 1. The molecule has 2 N–H and O–H groups in total. The van der Waals surface area contributed by atoms with Gasteiger partial charge >= 0.3 is 0 Å². The fourth-order valence-corrected chi connectivity index (χ4v) is 3.16. The van der Waals surface area contributed by atoms with Crippen molar-refractivity contribution in [3.8, 4) is 0 Å². The van der Waals surface area contributed by atoms with Crippen molar-refractivity contribution in [1.29, 1.82) is 0 Å². The summed E-state index contributed by atoms with van der Waals surface area (Å²) in [6.07, 6.45) is 0. The van der Waals surface area contributed by atoms with Crippen molar-refractivity contribution in [2.24, 2.45) is 0 Å². The number of anilines is 1. The van der Waals surface area contributed by atoms with Crippen molar-refractivity contribution >= 4 is 51.6 Å². The van der Waals surface area contributed by atoms with E-state index in [4.69, 9.17) is 23.2 Å². The number of aromatic nitrogens is 1. The highest BCUT2D eigenvalue weighted by Gasteiger charge is 2.19. The van der Waals surface area contributed by atoms with Gasteiger partial charge in [-0.15, -0.1) is 0 Å². The Hall–Kier alpha value is -2.83. The smallest absolute Gasteiger partial charge is 0.254 e. The summed E-state index contributed by atoms with van der Waals surface area (Å²) < 4.78 is 0. The molecule has 3 aromatic rings. The summed E-state index contributed by atoms with van der Waals surface area (Å²) in [6.45, 7) is -0.235. The predicted molar refractivity (Wildman–Crippen MR) is 107 cm³/mol. The molecule has 1 aromatic heterocycles. The Bertz CT molecular complexity index is 1070. The number of likely N-dealkylation sites (N-methyl/N-ethyl adjacent to an activating group) is 1. The number of rotatable bonds is 4. The molecule has 1 heterocycles. The second-order valence-corrected chi connectivity index (χ2v) is 6.71. The van der Waals surface area contributed by atoms with Gasteiger partial charge in [0, 0.05) is 24.0 Å². The minimum absolute atomic E-state index is 0.223. The van der Waals surface area contributed by atoms with Crippen molar-refractivity contribution in [2.45, 2.75) is 0 Å². The van der Waals surface area contributed by atoms with E-state index in [1.807, 2.05) is 0 Å². The van der Waals surface area contributed by atoms with Crippen LogP contribution in [0.15, 0.2) is 53.3 Å². The van der Waals surface area contributed by atoms with Gasteiger partial charge in [0.2, 0.25) is 11.5 Å². The highest BCUT2D eigenvalue weighted by Crippen LogP contribution is 2.29. The van der Waals surface area contributed by atoms with Crippen molar-refractivity contribution in [2.75, 3.05) is 18.9 Å². The summed E-state index contributed by atoms with van der Waals surface area (Å²) in [6, 6.07) is 13.1. The number of amides is 2. The van der Waals surface area contributed by atoms with E-state index in [1.54, 1.807) is 42.5 Å². The molecule has 0 aliphatic heterocycles. The second-order valence-electron chi connectivity index (χ2n) is 5.90. The minimum atomic E-state index is -0.463. The predicted octanol–water partition coefficient (Wildman–Crippen LogP) is 3.55. The molecule has 2 aromatic carbocycles. The monoisotopic (exact) mass is 403 g/mol. The lowest BCUT2D eigenvalue weighted by atomic mass is 10.1. The van der Waals surface area contributed by atoms with Gasteiger partial charge in [0.05, 0.1) is 27.8 Å². The van der Waals surface area contributed by atoms with Gasteiger partial charge in [-0.2, -0.15) is 0 Å². The number of aromatic amines is 1. The van der Waals surface area contributed by atoms with E-state index >= 15 is 0 Å². The maximum Gasteiger partial charge on any atom is 0.254 e. The summed E-state index contributed by atoms with van der Waals surface area (Å²) in [5.41, 5.74) is 0.667.